The molecule has 2 aliphatic rings. The van der Waals surface area contributed by atoms with Crippen molar-refractivity contribution in [3.05, 3.63) is 21.7 Å². The van der Waals surface area contributed by atoms with E-state index in [1.165, 1.54) is 0 Å². The predicted octanol–water partition coefficient (Wildman–Crippen LogP) is 3.37. The fourth-order valence-corrected chi connectivity index (χ4v) is 6.22. The van der Waals surface area contributed by atoms with Gasteiger partial charge in [0.15, 0.2) is 0 Å². The van der Waals surface area contributed by atoms with Gasteiger partial charge in [-0.3, -0.25) is 14.5 Å². The van der Waals surface area contributed by atoms with E-state index in [-0.39, 0.29) is 36.8 Å². The zero-order valence-electron chi connectivity index (χ0n) is 23.0. The van der Waals surface area contributed by atoms with Gasteiger partial charge in [0.2, 0.25) is 0 Å². The van der Waals surface area contributed by atoms with E-state index in [9.17, 15) is 24.9 Å². The molecule has 1 aromatic rings. The number of ether oxygens (including phenoxy) is 1. The highest BCUT2D eigenvalue weighted by atomic mass is 32.1. The lowest BCUT2D eigenvalue weighted by Gasteiger charge is -2.34. The van der Waals surface area contributed by atoms with Gasteiger partial charge in [-0.25, -0.2) is 4.98 Å². The SMILES string of the molecule is C/C(=C\c1csc(C)n1)C1CC2[C@@H](CCC[C@H](C)[C@H](O)[C@@H](C)C(=O)C(C)(C)[C@@H](O)CC(=O)O1)[N@@]2CCO. The molecular weight excluding hydrogens is 492 g/mol. The zero-order valence-corrected chi connectivity index (χ0v) is 23.8. The number of carbonyl (C=O) groups is 2. The molecule has 3 heterocycles. The molecule has 0 saturated carbocycles. The van der Waals surface area contributed by atoms with E-state index >= 15 is 0 Å². The molecule has 0 radical (unpaired) electrons. The van der Waals surface area contributed by atoms with Crippen LogP contribution >= 0.6 is 11.3 Å². The maximum atomic E-state index is 13.3. The monoisotopic (exact) mass is 536 g/mol. The smallest absolute Gasteiger partial charge is 0.309 e. The molecule has 0 bridgehead atoms. The number of thiazole rings is 1. The van der Waals surface area contributed by atoms with E-state index in [1.807, 2.05) is 32.2 Å². The van der Waals surface area contributed by atoms with Crippen LogP contribution in [0.4, 0.5) is 0 Å². The van der Waals surface area contributed by atoms with Crippen molar-refractivity contribution in [3.63, 3.8) is 0 Å². The quantitative estimate of drug-likeness (QED) is 0.396. The van der Waals surface area contributed by atoms with Crippen LogP contribution in [0.3, 0.4) is 0 Å². The summed E-state index contributed by atoms with van der Waals surface area (Å²) in [4.78, 5) is 33.1. The molecule has 0 aliphatic carbocycles. The third-order valence-corrected chi connectivity index (χ3v) is 9.10. The van der Waals surface area contributed by atoms with Crippen molar-refractivity contribution in [2.45, 2.75) is 104 Å². The van der Waals surface area contributed by atoms with Crippen molar-refractivity contribution in [1.29, 1.82) is 0 Å². The Hall–Kier alpha value is -1.65. The van der Waals surface area contributed by atoms with Gasteiger partial charge in [0, 0.05) is 36.3 Å². The molecule has 37 heavy (non-hydrogen) atoms. The predicted molar refractivity (Wildman–Crippen MR) is 144 cm³/mol. The summed E-state index contributed by atoms with van der Waals surface area (Å²) in [6.07, 6.45) is 2.19. The first-order chi connectivity index (χ1) is 17.4. The lowest BCUT2D eigenvalue weighted by atomic mass is 9.73. The van der Waals surface area contributed by atoms with Crippen LogP contribution in [0.25, 0.3) is 6.08 Å². The van der Waals surface area contributed by atoms with Gasteiger partial charge in [-0.1, -0.05) is 34.1 Å². The number of ketones is 1. The van der Waals surface area contributed by atoms with Crippen molar-refractivity contribution < 1.29 is 29.6 Å². The van der Waals surface area contributed by atoms with Gasteiger partial charge in [-0.05, 0) is 44.3 Å². The van der Waals surface area contributed by atoms with Crippen molar-refractivity contribution in [3.8, 4) is 0 Å². The number of esters is 1. The van der Waals surface area contributed by atoms with E-state index in [2.05, 4.69) is 9.88 Å². The molecule has 2 fully saturated rings. The second-order valence-corrected chi connectivity index (χ2v) is 12.5. The van der Waals surface area contributed by atoms with Crippen molar-refractivity contribution in [2.75, 3.05) is 13.2 Å². The number of hydrogen-bond acceptors (Lipinski definition) is 9. The summed E-state index contributed by atoms with van der Waals surface area (Å²) in [5.41, 5.74) is 0.467. The van der Waals surface area contributed by atoms with Crippen LogP contribution in [0.1, 0.15) is 77.4 Å². The molecule has 8 nitrogen and oxygen atoms in total. The lowest BCUT2D eigenvalue weighted by molar-refractivity contribution is -0.154. The minimum Gasteiger partial charge on any atom is -0.458 e. The summed E-state index contributed by atoms with van der Waals surface area (Å²) < 4.78 is 5.94. The fraction of sp³-hybridized carbons (Fsp3) is 0.750. The minimum absolute atomic E-state index is 0.0559. The Kier molecular flexibility index (Phi) is 10.1. The Morgan fingerprint density at radius 2 is 1.95 bits per heavy atom. The van der Waals surface area contributed by atoms with E-state index in [0.717, 1.165) is 35.5 Å². The number of hydrogen-bond donors (Lipinski definition) is 3. The molecular formula is C28H44N2O6S. The summed E-state index contributed by atoms with van der Waals surface area (Å²) >= 11 is 1.55. The van der Waals surface area contributed by atoms with Gasteiger partial charge >= 0.3 is 5.97 Å². The van der Waals surface area contributed by atoms with Gasteiger partial charge < -0.3 is 20.1 Å². The van der Waals surface area contributed by atoms with Crippen LogP contribution in [0, 0.1) is 24.2 Å². The molecule has 3 rings (SSSR count). The molecule has 9 heteroatoms. The Morgan fingerprint density at radius 1 is 1.24 bits per heavy atom. The molecule has 208 valence electrons. The molecule has 3 N–H and O–H groups in total. The summed E-state index contributed by atoms with van der Waals surface area (Å²) in [6.45, 7) is 11.4. The molecule has 2 unspecified atom stereocenters. The Balaban J connectivity index is 1.88. The Bertz CT molecular complexity index is 976. The number of aromatic nitrogens is 1. The Labute approximate surface area is 224 Å². The number of Topliss-reactive ketones (excluding diaryl/α,β-unsaturated/α-hetero) is 1. The third-order valence-electron chi connectivity index (χ3n) is 8.31. The first-order valence-electron chi connectivity index (χ1n) is 13.4. The minimum atomic E-state index is -1.24. The highest BCUT2D eigenvalue weighted by molar-refractivity contribution is 7.09. The number of aliphatic hydroxyl groups is 3. The average Bonchev–Trinajstić information content (AvgIpc) is 3.29. The fourth-order valence-electron chi connectivity index (χ4n) is 5.65. The van der Waals surface area contributed by atoms with E-state index in [0.29, 0.717) is 13.0 Å². The van der Waals surface area contributed by atoms with E-state index in [4.69, 9.17) is 4.74 Å². The van der Waals surface area contributed by atoms with E-state index < -0.39 is 35.6 Å². The first kappa shape index (κ1) is 29.9. The van der Waals surface area contributed by atoms with Crippen molar-refractivity contribution in [1.82, 2.24) is 9.88 Å². The number of fused-ring (bicyclic) bond motifs is 1. The number of rotatable bonds is 4. The number of aliphatic hydroxyl groups excluding tert-OH is 3. The standard InChI is InChI=1S/C28H44N2O6S/c1-16-8-7-9-21-22(30(21)10-11-31)13-23(17(2)12-20-15-37-19(4)29-20)36-25(33)14-24(32)28(5,6)27(35)18(3)26(16)34/h12,15-16,18,21-24,26,31-32,34H,7-11,13-14H2,1-6H3/b17-12+/t16-,18+,21+,22?,23?,24-,26-,30+/m0/s1. The van der Waals surface area contributed by atoms with Gasteiger partial charge in [0.25, 0.3) is 0 Å². The van der Waals surface area contributed by atoms with Gasteiger partial charge in [-0.15, -0.1) is 11.3 Å². The molecule has 8 atom stereocenters. The van der Waals surface area contributed by atoms with Crippen molar-refractivity contribution in [2.24, 2.45) is 17.3 Å². The highest BCUT2D eigenvalue weighted by Crippen LogP contribution is 2.39. The third kappa shape index (κ3) is 7.26. The zero-order chi connectivity index (χ0) is 27.5. The maximum Gasteiger partial charge on any atom is 0.309 e. The molecule has 1 aromatic heterocycles. The van der Waals surface area contributed by atoms with Crippen LogP contribution < -0.4 is 0 Å². The number of cyclic esters (lactones) is 1. The lowest BCUT2D eigenvalue weighted by Crippen LogP contribution is -2.45. The summed E-state index contributed by atoms with van der Waals surface area (Å²) in [5, 5.41) is 34.3. The number of carbonyl (C=O) groups excluding carboxylic acids is 2. The largest absolute Gasteiger partial charge is 0.458 e. The van der Waals surface area contributed by atoms with Crippen molar-refractivity contribution >= 4 is 29.2 Å². The normalized spacial score (nSPS) is 36.1. The molecule has 2 aliphatic heterocycles. The summed E-state index contributed by atoms with van der Waals surface area (Å²) in [7, 11) is 0. The molecule has 2 saturated heterocycles. The maximum absolute atomic E-state index is 13.3. The van der Waals surface area contributed by atoms with Gasteiger partial charge in [0.05, 0.1) is 41.4 Å². The van der Waals surface area contributed by atoms with Crippen LogP contribution in [-0.2, 0) is 14.3 Å². The second-order valence-electron chi connectivity index (χ2n) is 11.5. The first-order valence-corrected chi connectivity index (χ1v) is 14.3. The van der Waals surface area contributed by atoms with Crippen LogP contribution in [0.5, 0.6) is 0 Å². The molecule has 0 aromatic carbocycles. The van der Waals surface area contributed by atoms with Gasteiger partial charge in [-0.2, -0.15) is 0 Å². The van der Waals surface area contributed by atoms with Crippen LogP contribution in [-0.4, -0.2) is 80.5 Å². The number of aryl methyl sites for hydroxylation is 1. The van der Waals surface area contributed by atoms with E-state index in [1.54, 1.807) is 32.1 Å². The average molecular weight is 537 g/mol. The molecule has 0 spiro atoms. The van der Waals surface area contributed by atoms with Gasteiger partial charge in [0.1, 0.15) is 11.9 Å². The topological polar surface area (TPSA) is 120 Å². The summed E-state index contributed by atoms with van der Waals surface area (Å²) in [6, 6.07) is 0.434. The second kappa shape index (κ2) is 12.5. The van der Waals surface area contributed by atoms with Crippen LogP contribution in [0.2, 0.25) is 0 Å². The number of nitrogens with zero attached hydrogens (tertiary/aromatic N) is 2. The Morgan fingerprint density at radius 3 is 2.57 bits per heavy atom. The summed E-state index contributed by atoms with van der Waals surface area (Å²) in [5.74, 6) is -1.57. The van der Waals surface area contributed by atoms with Crippen LogP contribution in [0.15, 0.2) is 11.0 Å². The molecule has 0 amide bonds. The highest BCUT2D eigenvalue weighted by Gasteiger charge is 2.48. The number of β-amino-alcohol motifs (C(OH)–C–C–N with tert-alkyl or cyclic N) is 1.